The molecule has 0 aliphatic heterocycles. The van der Waals surface area contributed by atoms with E-state index >= 15 is 0 Å². The fourth-order valence-corrected chi connectivity index (χ4v) is 2.67. The van der Waals surface area contributed by atoms with Crippen LogP contribution in [0.25, 0.3) is 11.7 Å². The Balaban J connectivity index is 1.54. The van der Waals surface area contributed by atoms with E-state index in [1.54, 1.807) is 19.1 Å². The largest absolute Gasteiger partial charge is 0.459 e. The molecule has 1 amide bonds. The first kappa shape index (κ1) is 14.7. The zero-order valence-corrected chi connectivity index (χ0v) is 12.7. The molecule has 114 valence electrons. The standard InChI is InChI=1S/C14H14N4O3S/c1-14(8-15,9-4-5-9)16-11(19)7-22-13-18-17-12(21-13)10-3-2-6-20-10/h2-3,6,9H,4-5,7H2,1H3,(H,16,19)/t14-/m0/s1. The molecule has 1 aliphatic carbocycles. The Morgan fingerprint density at radius 3 is 3.05 bits per heavy atom. The van der Waals surface area contributed by atoms with Gasteiger partial charge in [-0.05, 0) is 37.8 Å². The van der Waals surface area contributed by atoms with Crippen molar-refractivity contribution >= 4 is 17.7 Å². The zero-order valence-electron chi connectivity index (χ0n) is 11.9. The number of rotatable bonds is 6. The summed E-state index contributed by atoms with van der Waals surface area (Å²) in [6.45, 7) is 1.76. The highest BCUT2D eigenvalue weighted by molar-refractivity contribution is 7.99. The number of nitrogens with zero attached hydrogens (tertiary/aromatic N) is 3. The van der Waals surface area contributed by atoms with Crippen LogP contribution in [0.2, 0.25) is 0 Å². The van der Waals surface area contributed by atoms with E-state index < -0.39 is 5.54 Å². The van der Waals surface area contributed by atoms with E-state index in [1.165, 1.54) is 6.26 Å². The molecule has 3 rings (SSSR count). The maximum Gasteiger partial charge on any atom is 0.284 e. The van der Waals surface area contributed by atoms with Crippen LogP contribution in [0.15, 0.2) is 32.5 Å². The van der Waals surface area contributed by atoms with Crippen molar-refractivity contribution in [1.82, 2.24) is 15.5 Å². The highest BCUT2D eigenvalue weighted by atomic mass is 32.2. The van der Waals surface area contributed by atoms with Gasteiger partial charge >= 0.3 is 0 Å². The molecule has 22 heavy (non-hydrogen) atoms. The van der Waals surface area contributed by atoms with Crippen molar-refractivity contribution in [2.24, 2.45) is 5.92 Å². The minimum Gasteiger partial charge on any atom is -0.459 e. The van der Waals surface area contributed by atoms with E-state index in [2.05, 4.69) is 21.6 Å². The van der Waals surface area contributed by atoms with Crippen LogP contribution >= 0.6 is 11.8 Å². The van der Waals surface area contributed by atoms with E-state index in [0.29, 0.717) is 5.76 Å². The number of hydrogen-bond acceptors (Lipinski definition) is 7. The Morgan fingerprint density at radius 1 is 1.59 bits per heavy atom. The summed E-state index contributed by atoms with van der Waals surface area (Å²) in [5.74, 6) is 0.894. The van der Waals surface area contributed by atoms with E-state index in [1.807, 2.05) is 0 Å². The summed E-state index contributed by atoms with van der Waals surface area (Å²) in [6, 6.07) is 5.62. The number of hydrogen-bond donors (Lipinski definition) is 1. The Hall–Kier alpha value is -2.27. The minimum atomic E-state index is -0.786. The summed E-state index contributed by atoms with van der Waals surface area (Å²) in [4.78, 5) is 12.0. The lowest BCUT2D eigenvalue weighted by Gasteiger charge is -2.22. The molecule has 2 aromatic rings. The van der Waals surface area contributed by atoms with Gasteiger partial charge in [0.1, 0.15) is 5.54 Å². The monoisotopic (exact) mass is 318 g/mol. The normalized spacial score (nSPS) is 16.7. The predicted molar refractivity (Wildman–Crippen MR) is 77.6 cm³/mol. The lowest BCUT2D eigenvalue weighted by Crippen LogP contribution is -2.47. The van der Waals surface area contributed by atoms with E-state index in [4.69, 9.17) is 8.83 Å². The summed E-state index contributed by atoms with van der Waals surface area (Å²) in [5, 5.41) is 20.0. The van der Waals surface area contributed by atoms with Crippen molar-refractivity contribution in [2.75, 3.05) is 5.75 Å². The van der Waals surface area contributed by atoms with Gasteiger partial charge in [-0.1, -0.05) is 11.8 Å². The van der Waals surface area contributed by atoms with Crippen molar-refractivity contribution < 1.29 is 13.6 Å². The number of furan rings is 1. The number of nitriles is 1. The van der Waals surface area contributed by atoms with Gasteiger partial charge in [0.15, 0.2) is 5.76 Å². The third kappa shape index (κ3) is 3.14. The van der Waals surface area contributed by atoms with Gasteiger partial charge in [-0.3, -0.25) is 4.79 Å². The highest BCUT2D eigenvalue weighted by Gasteiger charge is 2.42. The summed E-state index contributed by atoms with van der Waals surface area (Å²) in [5.41, 5.74) is -0.786. The number of amides is 1. The van der Waals surface area contributed by atoms with Crippen LogP contribution in [-0.4, -0.2) is 27.4 Å². The Bertz CT molecular complexity index is 702. The summed E-state index contributed by atoms with van der Waals surface area (Å²) in [6.07, 6.45) is 3.47. The average Bonchev–Trinajstić information content (AvgIpc) is 3.04. The second-order valence-corrected chi connectivity index (χ2v) is 6.20. The van der Waals surface area contributed by atoms with Crippen LogP contribution in [-0.2, 0) is 4.79 Å². The van der Waals surface area contributed by atoms with Crippen molar-refractivity contribution in [3.8, 4) is 17.7 Å². The summed E-state index contributed by atoms with van der Waals surface area (Å²) >= 11 is 1.13. The van der Waals surface area contributed by atoms with Crippen molar-refractivity contribution in [1.29, 1.82) is 5.26 Å². The lowest BCUT2D eigenvalue weighted by molar-refractivity contribution is -0.119. The molecule has 1 aliphatic rings. The summed E-state index contributed by atoms with van der Waals surface area (Å²) < 4.78 is 10.5. The molecule has 2 heterocycles. The lowest BCUT2D eigenvalue weighted by atomic mass is 9.98. The molecule has 0 unspecified atom stereocenters. The molecule has 1 fully saturated rings. The van der Waals surface area contributed by atoms with E-state index in [-0.39, 0.29) is 28.7 Å². The smallest absolute Gasteiger partial charge is 0.284 e. The maximum atomic E-state index is 12.0. The zero-order chi connectivity index (χ0) is 15.6. The second kappa shape index (κ2) is 5.85. The fraction of sp³-hybridized carbons (Fsp3) is 0.429. The predicted octanol–water partition coefficient (Wildman–Crippen LogP) is 2.23. The first-order chi connectivity index (χ1) is 10.6. The van der Waals surface area contributed by atoms with Gasteiger partial charge in [0.25, 0.3) is 11.1 Å². The number of aromatic nitrogens is 2. The Labute approximate surface area is 131 Å². The molecule has 2 aromatic heterocycles. The van der Waals surface area contributed by atoms with Crippen LogP contribution in [0.1, 0.15) is 19.8 Å². The first-order valence-corrected chi connectivity index (χ1v) is 7.82. The van der Waals surface area contributed by atoms with Gasteiger partial charge in [0.2, 0.25) is 5.91 Å². The number of nitrogens with one attached hydrogen (secondary N) is 1. The molecule has 8 heteroatoms. The van der Waals surface area contributed by atoms with E-state index in [9.17, 15) is 10.1 Å². The van der Waals surface area contributed by atoms with Crippen molar-refractivity contribution in [3.63, 3.8) is 0 Å². The average molecular weight is 318 g/mol. The highest BCUT2D eigenvalue weighted by Crippen LogP contribution is 2.39. The van der Waals surface area contributed by atoms with Gasteiger partial charge < -0.3 is 14.2 Å². The van der Waals surface area contributed by atoms with Crippen LogP contribution in [0.4, 0.5) is 0 Å². The Kier molecular flexibility index (Phi) is 3.90. The van der Waals surface area contributed by atoms with Gasteiger partial charge in [0.05, 0.1) is 18.1 Å². The SMILES string of the molecule is C[C@@](C#N)(NC(=O)CSc1nnc(-c2ccco2)o1)C1CC1. The maximum absolute atomic E-state index is 12.0. The third-order valence-corrected chi connectivity index (χ3v) is 4.31. The summed E-state index contributed by atoms with van der Waals surface area (Å²) in [7, 11) is 0. The van der Waals surface area contributed by atoms with Crippen molar-refractivity contribution in [2.45, 2.75) is 30.5 Å². The van der Waals surface area contributed by atoms with Crippen LogP contribution in [0.5, 0.6) is 0 Å². The third-order valence-electron chi connectivity index (χ3n) is 3.49. The molecular formula is C14H14N4O3S. The van der Waals surface area contributed by atoms with Gasteiger partial charge in [0, 0.05) is 0 Å². The molecule has 0 aromatic carbocycles. The quantitative estimate of drug-likeness (QED) is 0.814. The second-order valence-electron chi connectivity index (χ2n) is 5.28. The van der Waals surface area contributed by atoms with Crippen LogP contribution in [0, 0.1) is 17.2 Å². The number of carbonyl (C=O) groups is 1. The van der Waals surface area contributed by atoms with Crippen LogP contribution < -0.4 is 5.32 Å². The topological polar surface area (TPSA) is 105 Å². The van der Waals surface area contributed by atoms with Gasteiger partial charge in [-0.2, -0.15) is 5.26 Å². The molecule has 0 spiro atoms. The van der Waals surface area contributed by atoms with Gasteiger partial charge in [-0.15, -0.1) is 10.2 Å². The van der Waals surface area contributed by atoms with Crippen molar-refractivity contribution in [3.05, 3.63) is 18.4 Å². The molecule has 1 atom stereocenters. The fourth-order valence-electron chi connectivity index (χ4n) is 2.10. The first-order valence-electron chi connectivity index (χ1n) is 6.83. The molecule has 1 saturated carbocycles. The molecule has 0 bridgehead atoms. The molecule has 0 radical (unpaired) electrons. The minimum absolute atomic E-state index is 0.115. The molecule has 7 nitrogen and oxygen atoms in total. The van der Waals surface area contributed by atoms with E-state index in [0.717, 1.165) is 24.6 Å². The number of thioether (sulfide) groups is 1. The molecular weight excluding hydrogens is 304 g/mol. The van der Waals surface area contributed by atoms with Gasteiger partial charge in [-0.25, -0.2) is 0 Å². The number of carbonyl (C=O) groups excluding carboxylic acids is 1. The van der Waals surface area contributed by atoms with Crippen LogP contribution in [0.3, 0.4) is 0 Å². The Morgan fingerprint density at radius 2 is 2.41 bits per heavy atom. The molecule has 1 N–H and O–H groups in total. The molecule has 0 saturated heterocycles.